The molecule has 6 nitrogen and oxygen atoms in total. The minimum atomic E-state index is -5.39. The minimum Gasteiger partial charge on any atom is -0.326 e. The number of anilines is 3. The van der Waals surface area contributed by atoms with Gasteiger partial charge in [0.15, 0.2) is 5.82 Å². The Hall–Kier alpha value is -2.90. The Balaban J connectivity index is 1.56. The largest absolute Gasteiger partial charge is 0.471 e. The Bertz CT molecular complexity index is 1640. The zero-order valence-electron chi connectivity index (χ0n) is 20.1. The van der Waals surface area contributed by atoms with Gasteiger partial charge in [0.2, 0.25) is 5.91 Å². The first-order valence-electron chi connectivity index (χ1n) is 11.2. The molecule has 1 fully saturated rings. The summed E-state index contributed by atoms with van der Waals surface area (Å²) in [6.45, 7) is 0. The van der Waals surface area contributed by atoms with Gasteiger partial charge >= 0.3 is 12.1 Å². The number of halogens is 11. The first kappa shape index (κ1) is 32.0. The molecular formula is C25H12Cl5F6N3O3. The van der Waals surface area contributed by atoms with E-state index in [1.165, 1.54) is 17.4 Å². The lowest BCUT2D eigenvalue weighted by Gasteiger charge is -2.14. The molecule has 0 radical (unpaired) electrons. The molecule has 0 saturated heterocycles. The molecule has 3 amide bonds. The number of nitrogens with one attached hydrogen (secondary N) is 3. The van der Waals surface area contributed by atoms with Crippen molar-refractivity contribution in [2.75, 3.05) is 16.0 Å². The maximum atomic E-state index is 14.7. The van der Waals surface area contributed by atoms with Crippen LogP contribution < -0.4 is 16.0 Å². The minimum absolute atomic E-state index is 0.181. The third kappa shape index (κ3) is 6.37. The zero-order chi connectivity index (χ0) is 31.3. The SMILES string of the molecule is O=C(Nc1c(F)ccc(NC(=O)C(F)(F)F)c1F)c1cc(NC(=O)C2[C@H](c3ccc(Cl)c(Cl)c3)C2(Cl)Cl)cc(F)c1Cl. The normalized spacial score (nSPS) is 17.4. The summed E-state index contributed by atoms with van der Waals surface area (Å²) in [7, 11) is 0. The van der Waals surface area contributed by atoms with E-state index in [9.17, 15) is 40.7 Å². The van der Waals surface area contributed by atoms with Gasteiger partial charge < -0.3 is 16.0 Å². The molecule has 0 aromatic heterocycles. The van der Waals surface area contributed by atoms with E-state index in [4.69, 9.17) is 58.0 Å². The van der Waals surface area contributed by atoms with Crippen LogP contribution in [-0.2, 0) is 9.59 Å². The van der Waals surface area contributed by atoms with Crippen LogP contribution in [0.25, 0.3) is 0 Å². The smallest absolute Gasteiger partial charge is 0.326 e. The Kier molecular flexibility index (Phi) is 8.88. The average molecular weight is 694 g/mol. The Morgan fingerprint density at radius 2 is 1.48 bits per heavy atom. The number of amides is 3. The molecule has 1 unspecified atom stereocenters. The van der Waals surface area contributed by atoms with Gasteiger partial charge in [0.05, 0.1) is 32.2 Å². The number of rotatable bonds is 6. The summed E-state index contributed by atoms with van der Waals surface area (Å²) in [4.78, 5) is 36.9. The van der Waals surface area contributed by atoms with E-state index in [0.717, 1.165) is 12.1 Å². The molecule has 0 heterocycles. The van der Waals surface area contributed by atoms with Gasteiger partial charge in [0, 0.05) is 11.6 Å². The quantitative estimate of drug-likeness (QED) is 0.179. The maximum Gasteiger partial charge on any atom is 0.471 e. The van der Waals surface area contributed by atoms with Crippen molar-refractivity contribution < 1.29 is 40.7 Å². The number of benzene rings is 3. The van der Waals surface area contributed by atoms with Crippen LogP contribution in [0.15, 0.2) is 42.5 Å². The van der Waals surface area contributed by atoms with Gasteiger partial charge in [-0.1, -0.05) is 40.9 Å². The summed E-state index contributed by atoms with van der Waals surface area (Å²) in [5, 5.41) is 4.87. The standard InChI is InChI=1S/C25H12Cl5F6N3O3/c26-11-2-1-8(5-12(11)27)16-17(24(16,29)30)22(41)37-9-6-10(18(28)14(32)7-9)21(40)39-20-13(31)3-4-15(19(20)33)38-23(42)25(34,35)36/h1-7,16-17H,(H,37,41)(H,38,42)(H,39,40)/t16-,17?/m0/s1. The Morgan fingerprint density at radius 3 is 2.10 bits per heavy atom. The molecule has 222 valence electrons. The molecule has 1 aliphatic rings. The maximum absolute atomic E-state index is 14.7. The van der Waals surface area contributed by atoms with Gasteiger partial charge in [-0.3, -0.25) is 14.4 Å². The van der Waals surface area contributed by atoms with Gasteiger partial charge in [-0.05, 0) is 42.0 Å². The second-order valence-electron chi connectivity index (χ2n) is 8.80. The first-order chi connectivity index (χ1) is 19.4. The highest BCUT2D eigenvalue weighted by Gasteiger charge is 2.67. The number of hydrogen-bond donors (Lipinski definition) is 3. The zero-order valence-corrected chi connectivity index (χ0v) is 23.9. The molecule has 0 aliphatic heterocycles. The molecule has 1 aliphatic carbocycles. The van der Waals surface area contributed by atoms with Gasteiger partial charge in [-0.15, -0.1) is 23.2 Å². The van der Waals surface area contributed by atoms with Crippen molar-refractivity contribution >= 4 is 92.8 Å². The fraction of sp³-hybridized carbons (Fsp3) is 0.160. The molecule has 4 rings (SSSR count). The molecule has 42 heavy (non-hydrogen) atoms. The van der Waals surface area contributed by atoms with Crippen LogP contribution in [0.5, 0.6) is 0 Å². The monoisotopic (exact) mass is 691 g/mol. The third-order valence-corrected chi connectivity index (χ3v) is 8.08. The summed E-state index contributed by atoms with van der Waals surface area (Å²) in [6, 6.07) is 7.06. The third-order valence-electron chi connectivity index (χ3n) is 6.01. The van der Waals surface area contributed by atoms with Crippen molar-refractivity contribution in [1.82, 2.24) is 0 Å². The lowest BCUT2D eigenvalue weighted by molar-refractivity contribution is -0.167. The lowest BCUT2D eigenvalue weighted by atomic mass is 10.1. The highest BCUT2D eigenvalue weighted by molar-refractivity contribution is 6.53. The predicted molar refractivity (Wildman–Crippen MR) is 146 cm³/mol. The van der Waals surface area contributed by atoms with Gasteiger partial charge in [-0.2, -0.15) is 13.2 Å². The van der Waals surface area contributed by atoms with Crippen molar-refractivity contribution in [1.29, 1.82) is 0 Å². The van der Waals surface area contributed by atoms with Crippen LogP contribution in [0.2, 0.25) is 15.1 Å². The molecule has 3 N–H and O–H groups in total. The summed E-state index contributed by atoms with van der Waals surface area (Å²) in [6.07, 6.45) is -5.39. The second-order valence-corrected chi connectivity index (χ2v) is 11.4. The topological polar surface area (TPSA) is 87.3 Å². The van der Waals surface area contributed by atoms with Gasteiger partial charge in [-0.25, -0.2) is 13.2 Å². The van der Waals surface area contributed by atoms with Crippen LogP contribution in [0.1, 0.15) is 21.8 Å². The highest BCUT2D eigenvalue weighted by atomic mass is 35.5. The number of carbonyl (C=O) groups is 3. The van der Waals surface area contributed by atoms with Crippen LogP contribution >= 0.6 is 58.0 Å². The fourth-order valence-electron chi connectivity index (χ4n) is 3.96. The molecule has 0 spiro atoms. The van der Waals surface area contributed by atoms with E-state index < -0.39 is 79.5 Å². The van der Waals surface area contributed by atoms with Crippen molar-refractivity contribution in [2.24, 2.45) is 5.92 Å². The van der Waals surface area contributed by atoms with Crippen molar-refractivity contribution in [3.63, 3.8) is 0 Å². The molecule has 1 saturated carbocycles. The van der Waals surface area contributed by atoms with E-state index in [2.05, 4.69) is 5.32 Å². The fourth-order valence-corrected chi connectivity index (χ4v) is 5.29. The molecular weight excluding hydrogens is 682 g/mol. The van der Waals surface area contributed by atoms with E-state index in [1.807, 2.05) is 0 Å². The summed E-state index contributed by atoms with van der Waals surface area (Å²) in [5.41, 5.74) is -2.96. The van der Waals surface area contributed by atoms with E-state index in [0.29, 0.717) is 17.7 Å². The molecule has 3 aromatic rings. The number of alkyl halides is 5. The molecule has 0 bridgehead atoms. The van der Waals surface area contributed by atoms with E-state index >= 15 is 0 Å². The van der Waals surface area contributed by atoms with Crippen LogP contribution in [-0.4, -0.2) is 28.2 Å². The van der Waals surface area contributed by atoms with Gasteiger partial charge in [0.25, 0.3) is 5.91 Å². The van der Waals surface area contributed by atoms with Crippen LogP contribution in [0, 0.1) is 23.4 Å². The van der Waals surface area contributed by atoms with Gasteiger partial charge in [0.1, 0.15) is 21.7 Å². The summed E-state index contributed by atoms with van der Waals surface area (Å²) in [5.74, 6) is -11.0. The van der Waals surface area contributed by atoms with Crippen molar-refractivity contribution in [3.8, 4) is 0 Å². The highest BCUT2D eigenvalue weighted by Crippen LogP contribution is 2.65. The number of hydrogen-bond acceptors (Lipinski definition) is 3. The Morgan fingerprint density at radius 1 is 0.810 bits per heavy atom. The van der Waals surface area contributed by atoms with E-state index in [-0.39, 0.29) is 15.7 Å². The Labute approximate surface area is 257 Å². The predicted octanol–water partition coefficient (Wildman–Crippen LogP) is 8.34. The molecule has 2 atom stereocenters. The molecule has 3 aromatic carbocycles. The summed E-state index contributed by atoms with van der Waals surface area (Å²) >= 11 is 30.4. The summed E-state index contributed by atoms with van der Waals surface area (Å²) < 4.78 is 79.7. The average Bonchev–Trinajstić information content (AvgIpc) is 3.48. The molecule has 17 heteroatoms. The van der Waals surface area contributed by atoms with Crippen molar-refractivity contribution in [2.45, 2.75) is 16.4 Å². The van der Waals surface area contributed by atoms with Crippen LogP contribution in [0.3, 0.4) is 0 Å². The number of carbonyl (C=O) groups excluding carboxylic acids is 3. The first-order valence-corrected chi connectivity index (χ1v) is 13.1. The lowest BCUT2D eigenvalue weighted by Crippen LogP contribution is -2.30. The van der Waals surface area contributed by atoms with E-state index in [1.54, 1.807) is 11.4 Å². The second kappa shape index (κ2) is 11.6. The van der Waals surface area contributed by atoms with Crippen LogP contribution in [0.4, 0.5) is 43.4 Å². The van der Waals surface area contributed by atoms with Crippen molar-refractivity contribution in [3.05, 3.63) is 86.1 Å².